The van der Waals surface area contributed by atoms with E-state index in [-0.39, 0.29) is 0 Å². The molecule has 0 aliphatic carbocycles. The fraction of sp³-hybridized carbons (Fsp3) is 0.308. The van der Waals surface area contributed by atoms with Gasteiger partial charge in [-0.15, -0.1) is 11.3 Å². The molecule has 1 nitrogen and oxygen atoms in total. The predicted molar refractivity (Wildman–Crippen MR) is 78.5 cm³/mol. The maximum absolute atomic E-state index is 6.02. The first kappa shape index (κ1) is 13.1. The first-order valence-electron chi connectivity index (χ1n) is 5.41. The Bertz CT molecular complexity index is 498. The van der Waals surface area contributed by atoms with Crippen LogP contribution in [0.15, 0.2) is 29.6 Å². The number of benzene rings is 1. The van der Waals surface area contributed by atoms with Crippen LogP contribution >= 0.6 is 38.9 Å². The maximum Gasteiger partial charge on any atom is 0.0897 e. The van der Waals surface area contributed by atoms with Gasteiger partial charge < -0.3 is 0 Å². The molecule has 0 bridgehead atoms. The molecule has 0 saturated carbocycles. The number of nitrogens with zero attached hydrogens (tertiary/aromatic N) is 1. The van der Waals surface area contributed by atoms with Crippen LogP contribution in [-0.2, 0) is 6.42 Å². The van der Waals surface area contributed by atoms with Crippen LogP contribution in [0.5, 0.6) is 0 Å². The first-order valence-corrected chi connectivity index (χ1v) is 7.79. The van der Waals surface area contributed by atoms with Gasteiger partial charge in [0.15, 0.2) is 0 Å². The lowest BCUT2D eigenvalue weighted by atomic mass is 9.97. The lowest BCUT2D eigenvalue weighted by Gasteiger charge is -2.13. The molecule has 0 radical (unpaired) electrons. The molecule has 0 amide bonds. The van der Waals surface area contributed by atoms with Crippen LogP contribution in [0.3, 0.4) is 0 Å². The molecule has 1 heterocycles. The summed E-state index contributed by atoms with van der Waals surface area (Å²) in [7, 11) is 0. The van der Waals surface area contributed by atoms with Crippen molar-refractivity contribution in [3.05, 3.63) is 50.9 Å². The lowest BCUT2D eigenvalue weighted by molar-refractivity contribution is 0.759. The lowest BCUT2D eigenvalue weighted by Crippen LogP contribution is -2.04. The maximum atomic E-state index is 6.02. The van der Waals surface area contributed by atoms with E-state index < -0.39 is 0 Å². The molecule has 0 fully saturated rings. The molecular formula is C13H13BrClNS. The van der Waals surface area contributed by atoms with Gasteiger partial charge in [0, 0.05) is 15.7 Å². The quantitative estimate of drug-likeness (QED) is 0.732. The van der Waals surface area contributed by atoms with Gasteiger partial charge in [-0.1, -0.05) is 39.7 Å². The summed E-state index contributed by atoms with van der Waals surface area (Å²) >= 11 is 11.3. The van der Waals surface area contributed by atoms with Crippen molar-refractivity contribution in [2.45, 2.75) is 19.3 Å². The van der Waals surface area contributed by atoms with Gasteiger partial charge >= 0.3 is 0 Å². The number of thiazole rings is 1. The summed E-state index contributed by atoms with van der Waals surface area (Å²) in [4.78, 5) is 4.51. The van der Waals surface area contributed by atoms with Crippen LogP contribution < -0.4 is 0 Å². The molecule has 90 valence electrons. The molecule has 1 unspecified atom stereocenters. The van der Waals surface area contributed by atoms with Crippen molar-refractivity contribution in [2.75, 3.05) is 5.33 Å². The Morgan fingerprint density at radius 1 is 1.47 bits per heavy atom. The average Bonchev–Trinajstić information content (AvgIpc) is 2.72. The summed E-state index contributed by atoms with van der Waals surface area (Å²) in [6.07, 6.45) is 0.954. The van der Waals surface area contributed by atoms with Gasteiger partial charge in [-0.2, -0.15) is 0 Å². The Hall–Kier alpha value is -0.380. The van der Waals surface area contributed by atoms with E-state index in [1.165, 1.54) is 5.56 Å². The highest BCUT2D eigenvalue weighted by Gasteiger charge is 2.13. The second-order valence-electron chi connectivity index (χ2n) is 3.97. The van der Waals surface area contributed by atoms with Crippen molar-refractivity contribution in [1.82, 2.24) is 4.98 Å². The molecule has 4 heteroatoms. The molecule has 1 aromatic carbocycles. The second-order valence-corrected chi connectivity index (χ2v) is 6.11. The molecule has 1 atom stereocenters. The minimum absolute atomic E-state index is 0.426. The summed E-state index contributed by atoms with van der Waals surface area (Å²) in [5, 5.41) is 4.97. The minimum atomic E-state index is 0.426. The molecule has 0 N–H and O–H groups in total. The van der Waals surface area contributed by atoms with Crippen LogP contribution in [0.1, 0.15) is 22.2 Å². The Balaban J connectivity index is 2.16. The van der Waals surface area contributed by atoms with Gasteiger partial charge in [0.25, 0.3) is 0 Å². The molecular weight excluding hydrogens is 318 g/mol. The van der Waals surface area contributed by atoms with Crippen LogP contribution in [-0.4, -0.2) is 10.3 Å². The largest absolute Gasteiger partial charge is 0.247 e. The van der Waals surface area contributed by atoms with Crippen LogP contribution in [0.4, 0.5) is 0 Å². The first-order chi connectivity index (χ1) is 8.19. The van der Waals surface area contributed by atoms with Gasteiger partial charge in [-0.05, 0) is 37.0 Å². The third-order valence-electron chi connectivity index (χ3n) is 2.63. The highest BCUT2D eigenvalue weighted by molar-refractivity contribution is 9.09. The van der Waals surface area contributed by atoms with Gasteiger partial charge in [0.1, 0.15) is 0 Å². The molecule has 0 spiro atoms. The minimum Gasteiger partial charge on any atom is -0.247 e. The van der Waals surface area contributed by atoms with Gasteiger partial charge in [-0.25, -0.2) is 4.98 Å². The number of aromatic nitrogens is 1. The molecule has 0 aliphatic rings. The molecule has 2 rings (SSSR count). The topological polar surface area (TPSA) is 12.9 Å². The molecule has 2 aromatic rings. The molecule has 0 aliphatic heterocycles. The zero-order chi connectivity index (χ0) is 12.3. The standard InChI is InChI=1S/C13H13BrClNS/c1-9-16-13(8-17-9)6-11(7-14)10-3-2-4-12(15)5-10/h2-5,8,11H,6-7H2,1H3. The summed E-state index contributed by atoms with van der Waals surface area (Å²) in [5.74, 6) is 0.426. The average molecular weight is 331 g/mol. The molecule has 17 heavy (non-hydrogen) atoms. The third kappa shape index (κ3) is 3.54. The van der Waals surface area contributed by atoms with E-state index in [0.29, 0.717) is 5.92 Å². The van der Waals surface area contributed by atoms with Gasteiger partial charge in [0.05, 0.1) is 10.7 Å². The van der Waals surface area contributed by atoms with E-state index >= 15 is 0 Å². The number of aryl methyl sites for hydroxylation is 1. The summed E-state index contributed by atoms with van der Waals surface area (Å²) in [6.45, 7) is 2.04. The van der Waals surface area contributed by atoms with Gasteiger partial charge in [-0.3, -0.25) is 0 Å². The molecule has 0 saturated heterocycles. The normalized spacial score (nSPS) is 12.6. The van der Waals surface area contributed by atoms with Crippen LogP contribution in [0.25, 0.3) is 0 Å². The van der Waals surface area contributed by atoms with Crippen molar-refractivity contribution in [2.24, 2.45) is 0 Å². The Morgan fingerprint density at radius 3 is 2.88 bits per heavy atom. The van der Waals surface area contributed by atoms with Crippen molar-refractivity contribution in [3.63, 3.8) is 0 Å². The number of hydrogen-bond acceptors (Lipinski definition) is 2. The van der Waals surface area contributed by atoms with E-state index in [0.717, 1.165) is 27.5 Å². The van der Waals surface area contributed by atoms with E-state index in [1.807, 2.05) is 25.1 Å². The number of hydrogen-bond donors (Lipinski definition) is 0. The Labute approximate surface area is 119 Å². The smallest absolute Gasteiger partial charge is 0.0897 e. The Morgan fingerprint density at radius 2 is 2.29 bits per heavy atom. The van der Waals surface area contributed by atoms with E-state index in [4.69, 9.17) is 11.6 Å². The number of halogens is 2. The van der Waals surface area contributed by atoms with Crippen molar-refractivity contribution >= 4 is 38.9 Å². The summed E-state index contributed by atoms with van der Waals surface area (Å²) < 4.78 is 0. The van der Waals surface area contributed by atoms with Crippen LogP contribution in [0, 0.1) is 6.92 Å². The third-order valence-corrected chi connectivity index (χ3v) is 4.47. The van der Waals surface area contributed by atoms with E-state index in [2.05, 4.69) is 32.4 Å². The van der Waals surface area contributed by atoms with Crippen LogP contribution in [0.2, 0.25) is 5.02 Å². The fourth-order valence-electron chi connectivity index (χ4n) is 1.78. The van der Waals surface area contributed by atoms with E-state index in [9.17, 15) is 0 Å². The number of rotatable bonds is 4. The highest BCUT2D eigenvalue weighted by Crippen LogP contribution is 2.25. The Kier molecular flexibility index (Phi) is 4.60. The van der Waals surface area contributed by atoms with E-state index in [1.54, 1.807) is 11.3 Å². The van der Waals surface area contributed by atoms with Crippen molar-refractivity contribution in [1.29, 1.82) is 0 Å². The SMILES string of the molecule is Cc1nc(CC(CBr)c2cccc(Cl)c2)cs1. The van der Waals surface area contributed by atoms with Crippen molar-refractivity contribution < 1.29 is 0 Å². The zero-order valence-corrected chi connectivity index (χ0v) is 12.6. The fourth-order valence-corrected chi connectivity index (χ4v) is 3.20. The monoisotopic (exact) mass is 329 g/mol. The number of alkyl halides is 1. The summed E-state index contributed by atoms with van der Waals surface area (Å²) in [6, 6.07) is 8.06. The summed E-state index contributed by atoms with van der Waals surface area (Å²) in [5.41, 5.74) is 2.43. The predicted octanol–water partition coefficient (Wildman–Crippen LogP) is 4.83. The van der Waals surface area contributed by atoms with Gasteiger partial charge in [0.2, 0.25) is 0 Å². The second kappa shape index (κ2) is 5.98. The zero-order valence-electron chi connectivity index (χ0n) is 9.49. The molecule has 1 aromatic heterocycles. The van der Waals surface area contributed by atoms with Crippen molar-refractivity contribution in [3.8, 4) is 0 Å². The highest BCUT2D eigenvalue weighted by atomic mass is 79.9.